The van der Waals surface area contributed by atoms with Crippen LogP contribution in [0.25, 0.3) is 0 Å². The van der Waals surface area contributed by atoms with Crippen LogP contribution in [-0.4, -0.2) is 18.2 Å². The Balaban J connectivity index is 1.53. The first-order valence-corrected chi connectivity index (χ1v) is 9.82. The monoisotopic (exact) mass is 372 g/mol. The minimum Gasteiger partial charge on any atom is -0.454 e. The number of nitrogens with two attached hydrogens (primary N) is 1. The molecule has 3 aromatic carbocycles. The molecule has 2 aliphatic rings. The van der Waals surface area contributed by atoms with Crippen LogP contribution in [0, 0.1) is 0 Å². The summed E-state index contributed by atoms with van der Waals surface area (Å²) in [7, 11) is 0. The van der Waals surface area contributed by atoms with Gasteiger partial charge < -0.3 is 15.2 Å². The largest absolute Gasteiger partial charge is 0.454 e. The molecule has 0 aliphatic carbocycles. The van der Waals surface area contributed by atoms with E-state index in [1.165, 1.54) is 22.3 Å². The third-order valence-corrected chi connectivity index (χ3v) is 5.80. The maximum atomic E-state index is 6.28. The maximum Gasteiger partial charge on any atom is 0.231 e. The second-order valence-corrected chi connectivity index (χ2v) is 7.53. The molecule has 3 aromatic rings. The Morgan fingerprint density at radius 1 is 0.929 bits per heavy atom. The third-order valence-electron chi connectivity index (χ3n) is 5.80. The Labute approximate surface area is 165 Å². The van der Waals surface area contributed by atoms with E-state index in [1.54, 1.807) is 0 Å². The van der Waals surface area contributed by atoms with Gasteiger partial charge in [0.25, 0.3) is 0 Å². The first-order chi connectivity index (χ1) is 13.8. The van der Waals surface area contributed by atoms with Gasteiger partial charge in [-0.3, -0.25) is 4.90 Å². The minimum atomic E-state index is 0.253. The molecule has 0 radical (unpaired) electrons. The summed E-state index contributed by atoms with van der Waals surface area (Å²) in [5.41, 5.74) is 12.3. The molecule has 0 fully saturated rings. The van der Waals surface area contributed by atoms with Gasteiger partial charge in [-0.15, -0.1) is 0 Å². The van der Waals surface area contributed by atoms with Gasteiger partial charge in [-0.1, -0.05) is 48.5 Å². The SMILES string of the molecule is Nc1ccccc1CC1c2cc3c(cc2CCN1Cc1ccccc1)OCO3. The van der Waals surface area contributed by atoms with Gasteiger partial charge in [0.1, 0.15) is 0 Å². The molecule has 28 heavy (non-hydrogen) atoms. The normalized spacial score (nSPS) is 18.1. The zero-order valence-corrected chi connectivity index (χ0v) is 15.8. The lowest BCUT2D eigenvalue weighted by Gasteiger charge is -2.38. The molecule has 0 saturated carbocycles. The lowest BCUT2D eigenvalue weighted by molar-refractivity contribution is 0.172. The molecule has 142 valence electrons. The smallest absolute Gasteiger partial charge is 0.231 e. The molecule has 1 atom stereocenters. The van der Waals surface area contributed by atoms with Gasteiger partial charge in [0.2, 0.25) is 6.79 Å². The fourth-order valence-electron chi connectivity index (χ4n) is 4.32. The predicted octanol–water partition coefficient (Wildman–Crippen LogP) is 4.34. The highest BCUT2D eigenvalue weighted by Crippen LogP contribution is 2.42. The average molecular weight is 372 g/mol. The second kappa shape index (κ2) is 7.21. The number of nitrogen functional groups attached to an aromatic ring is 1. The lowest BCUT2D eigenvalue weighted by Crippen LogP contribution is -2.36. The van der Waals surface area contributed by atoms with Gasteiger partial charge in [-0.2, -0.15) is 0 Å². The van der Waals surface area contributed by atoms with Gasteiger partial charge in [-0.25, -0.2) is 0 Å². The molecular weight excluding hydrogens is 348 g/mol. The van der Waals surface area contributed by atoms with Crippen LogP contribution >= 0.6 is 0 Å². The number of anilines is 1. The molecule has 1 unspecified atom stereocenters. The highest BCUT2D eigenvalue weighted by molar-refractivity contribution is 5.52. The van der Waals surface area contributed by atoms with Gasteiger partial charge in [0.05, 0.1) is 0 Å². The van der Waals surface area contributed by atoms with Crippen molar-refractivity contribution in [1.29, 1.82) is 0 Å². The second-order valence-electron chi connectivity index (χ2n) is 7.53. The zero-order valence-electron chi connectivity index (χ0n) is 15.8. The van der Waals surface area contributed by atoms with E-state index in [0.29, 0.717) is 6.79 Å². The number of hydrogen-bond donors (Lipinski definition) is 1. The van der Waals surface area contributed by atoms with Crippen molar-refractivity contribution in [2.75, 3.05) is 19.1 Å². The van der Waals surface area contributed by atoms with E-state index in [9.17, 15) is 0 Å². The Hall–Kier alpha value is -2.98. The summed E-state index contributed by atoms with van der Waals surface area (Å²) in [4.78, 5) is 2.56. The summed E-state index contributed by atoms with van der Waals surface area (Å²) in [5, 5.41) is 0. The number of rotatable bonds is 4. The lowest BCUT2D eigenvalue weighted by atomic mass is 9.87. The van der Waals surface area contributed by atoms with Crippen molar-refractivity contribution < 1.29 is 9.47 Å². The van der Waals surface area contributed by atoms with Crippen LogP contribution in [0.15, 0.2) is 66.7 Å². The fourth-order valence-corrected chi connectivity index (χ4v) is 4.32. The summed E-state index contributed by atoms with van der Waals surface area (Å²) in [6, 6.07) is 23.5. The first-order valence-electron chi connectivity index (χ1n) is 9.82. The number of benzene rings is 3. The molecule has 0 aromatic heterocycles. The zero-order chi connectivity index (χ0) is 18.9. The van der Waals surface area contributed by atoms with Crippen molar-refractivity contribution in [3.05, 3.63) is 89.0 Å². The van der Waals surface area contributed by atoms with Crippen LogP contribution in [0.3, 0.4) is 0 Å². The number of fused-ring (bicyclic) bond motifs is 2. The summed E-state index contributed by atoms with van der Waals surface area (Å²) in [6.07, 6.45) is 1.89. The van der Waals surface area contributed by atoms with E-state index < -0.39 is 0 Å². The van der Waals surface area contributed by atoms with Gasteiger partial charge in [-0.05, 0) is 53.3 Å². The molecule has 0 amide bonds. The highest BCUT2D eigenvalue weighted by Gasteiger charge is 2.30. The van der Waals surface area contributed by atoms with Crippen LogP contribution in [-0.2, 0) is 19.4 Å². The van der Waals surface area contributed by atoms with Crippen molar-refractivity contribution in [2.45, 2.75) is 25.4 Å². The van der Waals surface area contributed by atoms with E-state index in [-0.39, 0.29) is 6.04 Å². The topological polar surface area (TPSA) is 47.7 Å². The van der Waals surface area contributed by atoms with E-state index in [2.05, 4.69) is 59.5 Å². The molecule has 0 spiro atoms. The van der Waals surface area contributed by atoms with E-state index in [1.807, 2.05) is 12.1 Å². The van der Waals surface area contributed by atoms with Crippen LogP contribution < -0.4 is 15.2 Å². The van der Waals surface area contributed by atoms with Crippen LogP contribution in [0.1, 0.15) is 28.3 Å². The molecular formula is C24H24N2O2. The summed E-state index contributed by atoms with van der Waals surface area (Å²) < 4.78 is 11.3. The van der Waals surface area contributed by atoms with E-state index in [0.717, 1.165) is 43.1 Å². The van der Waals surface area contributed by atoms with Crippen molar-refractivity contribution in [1.82, 2.24) is 4.90 Å². The summed E-state index contributed by atoms with van der Waals surface area (Å²) in [6.45, 7) is 2.24. The molecule has 2 heterocycles. The van der Waals surface area contributed by atoms with Crippen LogP contribution in [0.5, 0.6) is 11.5 Å². The predicted molar refractivity (Wildman–Crippen MR) is 110 cm³/mol. The molecule has 4 nitrogen and oxygen atoms in total. The Kier molecular flexibility index (Phi) is 4.41. The molecule has 2 aliphatic heterocycles. The fraction of sp³-hybridized carbons (Fsp3) is 0.250. The summed E-state index contributed by atoms with van der Waals surface area (Å²) in [5.74, 6) is 1.72. The number of nitrogens with zero attached hydrogens (tertiary/aromatic N) is 1. The quantitative estimate of drug-likeness (QED) is 0.692. The highest BCUT2D eigenvalue weighted by atomic mass is 16.7. The number of para-hydroxylation sites is 1. The number of hydrogen-bond acceptors (Lipinski definition) is 4. The third kappa shape index (κ3) is 3.20. The van der Waals surface area contributed by atoms with E-state index in [4.69, 9.17) is 15.2 Å². The van der Waals surface area contributed by atoms with Crippen molar-refractivity contribution in [2.24, 2.45) is 0 Å². The van der Waals surface area contributed by atoms with Gasteiger partial charge in [0.15, 0.2) is 11.5 Å². The Morgan fingerprint density at radius 2 is 1.68 bits per heavy atom. The average Bonchev–Trinajstić information content (AvgIpc) is 3.18. The van der Waals surface area contributed by atoms with Crippen molar-refractivity contribution in [3.8, 4) is 11.5 Å². The Bertz CT molecular complexity index is 987. The van der Waals surface area contributed by atoms with E-state index >= 15 is 0 Å². The first kappa shape index (κ1) is 17.1. The van der Waals surface area contributed by atoms with Gasteiger partial charge >= 0.3 is 0 Å². The molecule has 0 saturated heterocycles. The number of ether oxygens (including phenoxy) is 2. The van der Waals surface area contributed by atoms with Crippen molar-refractivity contribution in [3.63, 3.8) is 0 Å². The standard InChI is InChI=1S/C24H24N2O2/c25-21-9-5-4-8-19(21)12-22-20-14-24-23(27-16-28-24)13-18(20)10-11-26(22)15-17-6-2-1-3-7-17/h1-9,13-14,22H,10-12,15-16,25H2. The molecule has 0 bridgehead atoms. The van der Waals surface area contributed by atoms with Crippen LogP contribution in [0.2, 0.25) is 0 Å². The van der Waals surface area contributed by atoms with Crippen LogP contribution in [0.4, 0.5) is 5.69 Å². The molecule has 4 heteroatoms. The van der Waals surface area contributed by atoms with Crippen molar-refractivity contribution >= 4 is 5.69 Å². The van der Waals surface area contributed by atoms with Gasteiger partial charge in [0, 0.05) is 24.8 Å². The summed E-state index contributed by atoms with van der Waals surface area (Å²) >= 11 is 0. The maximum absolute atomic E-state index is 6.28. The Morgan fingerprint density at radius 3 is 2.50 bits per heavy atom. The molecule has 5 rings (SSSR count). The molecule has 2 N–H and O–H groups in total. The minimum absolute atomic E-state index is 0.253.